The molecule has 0 spiro atoms. The number of carbonyl (C=O) groups excluding carboxylic acids is 2. The van der Waals surface area contributed by atoms with E-state index >= 15 is 0 Å². The van der Waals surface area contributed by atoms with Crippen LogP contribution in [0.15, 0.2) is 24.3 Å². The van der Waals surface area contributed by atoms with Gasteiger partial charge in [0, 0.05) is 18.1 Å². The highest BCUT2D eigenvalue weighted by atomic mass is 35.5. The molecule has 0 heterocycles. The van der Waals surface area contributed by atoms with E-state index in [9.17, 15) is 9.59 Å². The molecule has 9 heteroatoms. The zero-order chi connectivity index (χ0) is 20.2. The molecule has 0 aliphatic rings. The number of halogens is 2. The number of hydrogen-bond acceptors (Lipinski definition) is 4. The fourth-order valence-corrected chi connectivity index (χ4v) is 2.86. The number of aldehydes is 1. The lowest BCUT2D eigenvalue weighted by atomic mass is 10.0. The van der Waals surface area contributed by atoms with Gasteiger partial charge in [-0.3, -0.25) is 10.2 Å². The number of carbonyl (C=O) groups is 2. The van der Waals surface area contributed by atoms with Crippen molar-refractivity contribution in [3.63, 3.8) is 0 Å². The van der Waals surface area contributed by atoms with Crippen LogP contribution < -0.4 is 21.7 Å². The van der Waals surface area contributed by atoms with Crippen LogP contribution in [0.3, 0.4) is 0 Å². The molecule has 1 amide bonds. The van der Waals surface area contributed by atoms with Crippen LogP contribution in [0.5, 0.6) is 0 Å². The summed E-state index contributed by atoms with van der Waals surface area (Å²) in [6.45, 7) is 5.09. The predicted octanol–water partition coefficient (Wildman–Crippen LogP) is 2.21. The number of hydrogen-bond donors (Lipinski definition) is 5. The minimum Gasteiger partial charge on any atom is -0.370 e. The van der Waals surface area contributed by atoms with E-state index in [-0.39, 0.29) is 24.3 Å². The van der Waals surface area contributed by atoms with Crippen LogP contribution in [0.1, 0.15) is 38.7 Å². The van der Waals surface area contributed by atoms with Gasteiger partial charge in [-0.15, -0.1) is 12.4 Å². The maximum absolute atomic E-state index is 12.6. The van der Waals surface area contributed by atoms with E-state index in [0.29, 0.717) is 43.3 Å². The molecule has 6 N–H and O–H groups in total. The molecular formula is C19H31Cl2N5O2. The first-order valence-corrected chi connectivity index (χ1v) is 9.51. The number of nitrogens with one attached hydrogen (secondary N) is 4. The number of rotatable bonds is 12. The number of nitrogens with two attached hydrogens (primary N) is 1. The maximum Gasteiger partial charge on any atom is 0.237 e. The quantitative estimate of drug-likeness (QED) is 0.150. The summed E-state index contributed by atoms with van der Waals surface area (Å²) in [6.07, 6.45) is 2.51. The maximum atomic E-state index is 12.6. The molecule has 0 saturated carbocycles. The molecule has 0 aliphatic heterocycles. The van der Waals surface area contributed by atoms with E-state index in [1.807, 2.05) is 32.0 Å². The fraction of sp³-hybridized carbons (Fsp3) is 0.526. The van der Waals surface area contributed by atoms with Crippen LogP contribution in [0, 0.1) is 11.3 Å². The van der Waals surface area contributed by atoms with Crippen molar-refractivity contribution in [1.29, 1.82) is 5.41 Å². The van der Waals surface area contributed by atoms with Crippen molar-refractivity contribution < 1.29 is 9.59 Å². The van der Waals surface area contributed by atoms with Crippen molar-refractivity contribution in [3.8, 4) is 0 Å². The highest BCUT2D eigenvalue weighted by Gasteiger charge is 2.22. The lowest BCUT2D eigenvalue weighted by Crippen LogP contribution is -2.48. The van der Waals surface area contributed by atoms with Gasteiger partial charge in [-0.25, -0.2) is 0 Å². The topological polar surface area (TPSA) is 120 Å². The monoisotopic (exact) mass is 431 g/mol. The number of guanidine groups is 1. The largest absolute Gasteiger partial charge is 0.370 e. The minimum absolute atomic E-state index is 0. The fourth-order valence-electron chi connectivity index (χ4n) is 2.65. The summed E-state index contributed by atoms with van der Waals surface area (Å²) in [4.78, 5) is 23.9. The van der Waals surface area contributed by atoms with Gasteiger partial charge in [0.15, 0.2) is 5.96 Å². The van der Waals surface area contributed by atoms with Crippen LogP contribution in [0.25, 0.3) is 0 Å². The molecule has 0 aliphatic carbocycles. The summed E-state index contributed by atoms with van der Waals surface area (Å²) in [6, 6.07) is 6.51. The normalized spacial score (nSPS) is 12.6. The average molecular weight is 432 g/mol. The Morgan fingerprint density at radius 2 is 2.07 bits per heavy atom. The van der Waals surface area contributed by atoms with Gasteiger partial charge < -0.3 is 26.5 Å². The Bertz CT molecular complexity index is 628. The molecule has 0 fully saturated rings. The lowest BCUT2D eigenvalue weighted by Gasteiger charge is -2.22. The van der Waals surface area contributed by atoms with E-state index in [1.54, 1.807) is 6.07 Å². The molecule has 1 aromatic carbocycles. The van der Waals surface area contributed by atoms with Gasteiger partial charge in [-0.1, -0.05) is 37.6 Å². The van der Waals surface area contributed by atoms with Gasteiger partial charge in [0.05, 0.1) is 12.1 Å². The summed E-state index contributed by atoms with van der Waals surface area (Å²) >= 11 is 6.00. The van der Waals surface area contributed by atoms with E-state index in [2.05, 4.69) is 16.0 Å². The van der Waals surface area contributed by atoms with Crippen molar-refractivity contribution in [2.75, 3.05) is 6.54 Å². The van der Waals surface area contributed by atoms with Crippen molar-refractivity contribution in [2.45, 2.75) is 51.7 Å². The van der Waals surface area contributed by atoms with Crippen LogP contribution >= 0.6 is 24.0 Å². The Morgan fingerprint density at radius 1 is 1.36 bits per heavy atom. The Kier molecular flexibility index (Phi) is 13.3. The molecule has 0 aromatic heterocycles. The predicted molar refractivity (Wildman–Crippen MR) is 116 cm³/mol. The first-order chi connectivity index (χ1) is 12.8. The van der Waals surface area contributed by atoms with Crippen LogP contribution in [0.4, 0.5) is 0 Å². The molecule has 28 heavy (non-hydrogen) atoms. The van der Waals surface area contributed by atoms with E-state index < -0.39 is 12.1 Å². The SMILES string of the molecule is CC(C)C[C@H](NCc1cccc(Cl)c1)C(=O)N[C@H](C=O)CCCNC(=N)N.Cl. The summed E-state index contributed by atoms with van der Waals surface area (Å²) in [5, 5.41) is 16.5. The Labute approximate surface area is 178 Å². The molecule has 0 bridgehead atoms. The van der Waals surface area contributed by atoms with Gasteiger partial charge in [0.25, 0.3) is 0 Å². The van der Waals surface area contributed by atoms with Gasteiger partial charge in [-0.2, -0.15) is 0 Å². The molecule has 0 unspecified atom stereocenters. The van der Waals surface area contributed by atoms with Crippen LogP contribution in [-0.2, 0) is 16.1 Å². The Morgan fingerprint density at radius 3 is 2.64 bits per heavy atom. The highest BCUT2D eigenvalue weighted by molar-refractivity contribution is 6.30. The minimum atomic E-state index is -0.561. The number of amides is 1. The van der Waals surface area contributed by atoms with E-state index in [1.165, 1.54) is 0 Å². The van der Waals surface area contributed by atoms with E-state index in [0.717, 1.165) is 11.8 Å². The zero-order valence-corrected chi connectivity index (χ0v) is 17.9. The highest BCUT2D eigenvalue weighted by Crippen LogP contribution is 2.12. The van der Waals surface area contributed by atoms with Crippen molar-refractivity contribution in [2.24, 2.45) is 11.7 Å². The molecule has 2 atom stereocenters. The van der Waals surface area contributed by atoms with Crippen LogP contribution in [-0.4, -0.2) is 36.8 Å². The van der Waals surface area contributed by atoms with Crippen molar-refractivity contribution in [1.82, 2.24) is 16.0 Å². The standard InChI is InChI=1S/C19H30ClN5O2.ClH/c1-13(2)9-17(24-11-14-5-3-6-15(20)10-14)18(27)25-16(12-26)7-4-8-23-19(21)22;/h3,5-6,10,12-13,16-17,24H,4,7-9,11H2,1-2H3,(H,25,27)(H4,21,22,23);1H/t16-,17-;/m0./s1. The molecular weight excluding hydrogens is 401 g/mol. The smallest absolute Gasteiger partial charge is 0.237 e. The molecule has 1 aromatic rings. The molecule has 1 rings (SSSR count). The molecule has 0 radical (unpaired) electrons. The third kappa shape index (κ3) is 11.1. The van der Waals surface area contributed by atoms with E-state index in [4.69, 9.17) is 22.7 Å². The molecule has 158 valence electrons. The first kappa shape index (κ1) is 26.2. The van der Waals surface area contributed by atoms with Crippen LogP contribution in [0.2, 0.25) is 5.02 Å². The summed E-state index contributed by atoms with van der Waals surface area (Å²) in [5.74, 6) is 0.0216. The number of benzene rings is 1. The summed E-state index contributed by atoms with van der Waals surface area (Å²) in [7, 11) is 0. The van der Waals surface area contributed by atoms with Gasteiger partial charge in [0.1, 0.15) is 6.29 Å². The second-order valence-corrected chi connectivity index (χ2v) is 7.36. The summed E-state index contributed by atoms with van der Waals surface area (Å²) in [5.41, 5.74) is 6.21. The zero-order valence-electron chi connectivity index (χ0n) is 16.3. The average Bonchev–Trinajstić information content (AvgIpc) is 2.60. The molecule has 7 nitrogen and oxygen atoms in total. The summed E-state index contributed by atoms with van der Waals surface area (Å²) < 4.78 is 0. The first-order valence-electron chi connectivity index (χ1n) is 9.13. The Balaban J connectivity index is 0.00000729. The van der Waals surface area contributed by atoms with Crippen molar-refractivity contribution >= 4 is 42.2 Å². The lowest BCUT2D eigenvalue weighted by molar-refractivity contribution is -0.126. The second-order valence-electron chi connectivity index (χ2n) is 6.93. The Hall–Kier alpha value is -1.83. The third-order valence-corrected chi connectivity index (χ3v) is 4.20. The van der Waals surface area contributed by atoms with Crippen molar-refractivity contribution in [3.05, 3.63) is 34.9 Å². The molecule has 0 saturated heterocycles. The van der Waals surface area contributed by atoms with Gasteiger partial charge in [0.2, 0.25) is 5.91 Å². The van der Waals surface area contributed by atoms with Gasteiger partial charge in [-0.05, 0) is 42.9 Å². The third-order valence-electron chi connectivity index (χ3n) is 3.96. The van der Waals surface area contributed by atoms with Gasteiger partial charge >= 0.3 is 0 Å². The second kappa shape index (κ2) is 14.2.